The monoisotopic (exact) mass is 414 g/mol. The van der Waals surface area contributed by atoms with Crippen LogP contribution in [0.3, 0.4) is 0 Å². The summed E-state index contributed by atoms with van der Waals surface area (Å²) in [5, 5.41) is 0. The highest BCUT2D eigenvalue weighted by Gasteiger charge is 2.25. The fourth-order valence-electron chi connectivity index (χ4n) is 4.37. The maximum absolute atomic E-state index is 12.8. The number of ether oxygens (including phenoxy) is 1. The molecule has 4 nitrogen and oxygen atoms in total. The Kier molecular flexibility index (Phi) is 6.98. The molecule has 1 amide bonds. The number of hydrogen-bond acceptors (Lipinski definition) is 3. The maximum Gasteiger partial charge on any atom is 0.222 e. The van der Waals surface area contributed by atoms with E-state index in [1.807, 2.05) is 41.3 Å². The molecule has 1 saturated heterocycles. The van der Waals surface area contributed by atoms with Crippen molar-refractivity contribution in [3.8, 4) is 5.75 Å². The number of aryl methyl sites for hydroxylation is 1. The van der Waals surface area contributed by atoms with E-state index in [2.05, 4.69) is 36.4 Å². The highest BCUT2D eigenvalue weighted by atomic mass is 16.5. The second kappa shape index (κ2) is 10.3. The van der Waals surface area contributed by atoms with Crippen molar-refractivity contribution >= 4 is 5.91 Å². The highest BCUT2D eigenvalue weighted by Crippen LogP contribution is 2.27. The fraction of sp³-hybridized carbons (Fsp3) is 0.333. The summed E-state index contributed by atoms with van der Waals surface area (Å²) in [6.07, 6.45) is 4.21. The number of pyridine rings is 1. The van der Waals surface area contributed by atoms with Crippen LogP contribution in [0.25, 0.3) is 0 Å². The summed E-state index contributed by atoms with van der Waals surface area (Å²) in [5.41, 5.74) is 4.48. The lowest BCUT2D eigenvalue weighted by molar-refractivity contribution is -0.132. The zero-order chi connectivity index (χ0) is 21.5. The van der Waals surface area contributed by atoms with Crippen molar-refractivity contribution in [1.82, 2.24) is 9.88 Å². The smallest absolute Gasteiger partial charge is 0.222 e. The molecule has 1 atom stereocenters. The minimum atomic E-state index is 0.249. The summed E-state index contributed by atoms with van der Waals surface area (Å²) in [6.45, 7) is 1.61. The summed E-state index contributed by atoms with van der Waals surface area (Å²) in [7, 11) is 1.70. The molecule has 1 aliphatic heterocycles. The zero-order valence-electron chi connectivity index (χ0n) is 18.2. The lowest BCUT2D eigenvalue weighted by atomic mass is 9.93. The molecule has 0 bridgehead atoms. The summed E-state index contributed by atoms with van der Waals surface area (Å²) in [6, 6.07) is 24.6. The lowest BCUT2D eigenvalue weighted by Crippen LogP contribution is -2.39. The van der Waals surface area contributed by atoms with Crippen LogP contribution in [-0.4, -0.2) is 36.0 Å². The van der Waals surface area contributed by atoms with E-state index in [4.69, 9.17) is 9.72 Å². The summed E-state index contributed by atoms with van der Waals surface area (Å²) in [4.78, 5) is 19.8. The number of carbonyl (C=O) groups excluding carboxylic acids is 1. The van der Waals surface area contributed by atoms with Crippen LogP contribution in [0.1, 0.15) is 47.7 Å². The van der Waals surface area contributed by atoms with E-state index >= 15 is 0 Å². The third-order valence-corrected chi connectivity index (χ3v) is 6.06. The van der Waals surface area contributed by atoms with Gasteiger partial charge in [0.25, 0.3) is 0 Å². The van der Waals surface area contributed by atoms with Gasteiger partial charge in [-0.3, -0.25) is 9.78 Å². The van der Waals surface area contributed by atoms with Crippen molar-refractivity contribution in [2.24, 2.45) is 0 Å². The van der Waals surface area contributed by atoms with Crippen LogP contribution in [0.2, 0.25) is 0 Å². The molecular formula is C27H30N2O2. The van der Waals surface area contributed by atoms with Gasteiger partial charge < -0.3 is 9.64 Å². The first-order valence-electron chi connectivity index (χ1n) is 11.1. The Hall–Kier alpha value is -3.14. The van der Waals surface area contributed by atoms with Gasteiger partial charge in [-0.1, -0.05) is 54.6 Å². The van der Waals surface area contributed by atoms with Gasteiger partial charge in [0, 0.05) is 48.8 Å². The molecule has 0 unspecified atom stereocenters. The second-order valence-corrected chi connectivity index (χ2v) is 8.21. The van der Waals surface area contributed by atoms with E-state index in [1.165, 1.54) is 5.56 Å². The number of piperidine rings is 1. The van der Waals surface area contributed by atoms with Crippen LogP contribution >= 0.6 is 0 Å². The normalized spacial score (nSPS) is 16.2. The lowest BCUT2D eigenvalue weighted by Gasteiger charge is -2.32. The number of benzene rings is 2. The number of nitrogens with zero attached hydrogens (tertiary/aromatic N) is 2. The SMILES string of the molecule is COc1ccccc1Cc1cccc([C@H]2CCCN(C(=O)CCc3ccccc3)C2)n1. The van der Waals surface area contributed by atoms with Crippen LogP contribution in [0.4, 0.5) is 0 Å². The summed E-state index contributed by atoms with van der Waals surface area (Å²) < 4.78 is 5.49. The van der Waals surface area contributed by atoms with Gasteiger partial charge in [0.05, 0.1) is 7.11 Å². The molecule has 1 aliphatic rings. The van der Waals surface area contributed by atoms with E-state index in [0.29, 0.717) is 12.3 Å². The first kappa shape index (κ1) is 21.1. The predicted molar refractivity (Wildman–Crippen MR) is 123 cm³/mol. The van der Waals surface area contributed by atoms with Gasteiger partial charge in [0.1, 0.15) is 5.75 Å². The van der Waals surface area contributed by atoms with Crippen LogP contribution in [0.15, 0.2) is 72.8 Å². The molecule has 0 aliphatic carbocycles. The van der Waals surface area contributed by atoms with Gasteiger partial charge in [-0.15, -0.1) is 0 Å². The van der Waals surface area contributed by atoms with E-state index < -0.39 is 0 Å². The Labute approximate surface area is 184 Å². The number of hydrogen-bond donors (Lipinski definition) is 0. The van der Waals surface area contributed by atoms with Gasteiger partial charge in [-0.05, 0) is 43.0 Å². The number of para-hydroxylation sites is 1. The van der Waals surface area contributed by atoms with Gasteiger partial charge in [0.15, 0.2) is 0 Å². The molecule has 0 radical (unpaired) electrons. The van der Waals surface area contributed by atoms with Crippen LogP contribution in [0.5, 0.6) is 5.75 Å². The third-order valence-electron chi connectivity index (χ3n) is 6.06. The highest BCUT2D eigenvalue weighted by molar-refractivity contribution is 5.76. The van der Waals surface area contributed by atoms with Crippen LogP contribution in [-0.2, 0) is 17.6 Å². The summed E-state index contributed by atoms with van der Waals surface area (Å²) >= 11 is 0. The summed E-state index contributed by atoms with van der Waals surface area (Å²) in [5.74, 6) is 1.44. The molecule has 4 heteroatoms. The van der Waals surface area contributed by atoms with Crippen LogP contribution in [0, 0.1) is 0 Å². The molecule has 2 heterocycles. The minimum absolute atomic E-state index is 0.249. The van der Waals surface area contributed by atoms with Gasteiger partial charge in [0.2, 0.25) is 5.91 Å². The predicted octanol–water partition coefficient (Wildman–Crippen LogP) is 5.02. The molecular weight excluding hydrogens is 384 g/mol. The van der Waals surface area contributed by atoms with Gasteiger partial charge in [-0.2, -0.15) is 0 Å². The van der Waals surface area contributed by atoms with Gasteiger partial charge in [-0.25, -0.2) is 0 Å². The standard InChI is InChI=1S/C27H30N2O2/c1-31-26-15-6-5-11-22(26)19-24-13-7-14-25(28-24)23-12-8-18-29(20-23)27(30)17-16-21-9-3-2-4-10-21/h2-7,9-11,13-15,23H,8,12,16-20H2,1H3/t23-/m0/s1. The van der Waals surface area contributed by atoms with Crippen molar-refractivity contribution in [1.29, 1.82) is 0 Å². The average Bonchev–Trinajstić information content (AvgIpc) is 2.84. The Bertz CT molecular complexity index is 1000. The first-order valence-corrected chi connectivity index (χ1v) is 11.1. The molecule has 0 spiro atoms. The van der Waals surface area contributed by atoms with Gasteiger partial charge >= 0.3 is 0 Å². The van der Waals surface area contributed by atoms with Crippen molar-refractivity contribution in [2.75, 3.05) is 20.2 Å². The number of likely N-dealkylation sites (tertiary alicyclic amines) is 1. The Balaban J connectivity index is 1.40. The molecule has 160 valence electrons. The number of rotatable bonds is 7. The molecule has 31 heavy (non-hydrogen) atoms. The molecule has 4 rings (SSSR count). The van der Waals surface area contributed by atoms with Crippen molar-refractivity contribution in [3.05, 3.63) is 95.3 Å². The molecule has 2 aromatic carbocycles. The van der Waals surface area contributed by atoms with E-state index in [-0.39, 0.29) is 5.91 Å². The first-order chi connectivity index (χ1) is 15.2. The topological polar surface area (TPSA) is 42.4 Å². The number of aromatic nitrogens is 1. The average molecular weight is 415 g/mol. The zero-order valence-corrected chi connectivity index (χ0v) is 18.2. The molecule has 0 saturated carbocycles. The Morgan fingerprint density at radius 1 is 1.03 bits per heavy atom. The fourth-order valence-corrected chi connectivity index (χ4v) is 4.37. The number of methoxy groups -OCH3 is 1. The molecule has 3 aromatic rings. The van der Waals surface area contributed by atoms with Crippen LogP contribution < -0.4 is 4.74 Å². The Morgan fingerprint density at radius 2 is 1.84 bits per heavy atom. The molecule has 1 fully saturated rings. The second-order valence-electron chi connectivity index (χ2n) is 8.21. The van der Waals surface area contributed by atoms with E-state index in [0.717, 1.165) is 61.5 Å². The number of carbonyl (C=O) groups is 1. The quantitative estimate of drug-likeness (QED) is 0.545. The van der Waals surface area contributed by atoms with E-state index in [9.17, 15) is 4.79 Å². The number of amides is 1. The van der Waals surface area contributed by atoms with Crippen molar-refractivity contribution < 1.29 is 9.53 Å². The van der Waals surface area contributed by atoms with E-state index in [1.54, 1.807) is 7.11 Å². The van der Waals surface area contributed by atoms with Crippen molar-refractivity contribution in [2.45, 2.75) is 38.0 Å². The largest absolute Gasteiger partial charge is 0.496 e. The van der Waals surface area contributed by atoms with Crippen molar-refractivity contribution in [3.63, 3.8) is 0 Å². The molecule has 1 aromatic heterocycles. The Morgan fingerprint density at radius 3 is 2.68 bits per heavy atom. The minimum Gasteiger partial charge on any atom is -0.496 e. The maximum atomic E-state index is 12.8. The third kappa shape index (κ3) is 5.52. The molecule has 0 N–H and O–H groups in total.